The van der Waals surface area contributed by atoms with E-state index in [4.69, 9.17) is 17.3 Å². The fraction of sp³-hybridized carbons (Fsp3) is 0.812. The first-order valence-corrected chi connectivity index (χ1v) is 8.55. The normalized spacial score (nSPS) is 20.5. The summed E-state index contributed by atoms with van der Waals surface area (Å²) in [6.45, 7) is 3.03. The number of halogens is 1. The minimum Gasteiger partial charge on any atom is -0.321 e. The highest BCUT2D eigenvalue weighted by Crippen LogP contribution is 2.41. The highest BCUT2D eigenvalue weighted by Gasteiger charge is 2.42. The predicted molar refractivity (Wildman–Crippen MR) is 88.6 cm³/mol. The Kier molecular flexibility index (Phi) is 5.69. The van der Waals surface area contributed by atoms with Crippen molar-refractivity contribution < 1.29 is 0 Å². The summed E-state index contributed by atoms with van der Waals surface area (Å²) in [6.07, 6.45) is 10.1. The topological polar surface area (TPSA) is 47.1 Å². The second-order valence-corrected chi connectivity index (χ2v) is 6.90. The van der Waals surface area contributed by atoms with Gasteiger partial charge in [-0.15, -0.1) is 0 Å². The van der Waals surface area contributed by atoms with Crippen molar-refractivity contribution in [3.05, 3.63) is 16.9 Å². The van der Waals surface area contributed by atoms with E-state index in [1.807, 2.05) is 4.68 Å². The molecule has 0 radical (unpaired) electrons. The third kappa shape index (κ3) is 3.27. The Hall–Kier alpha value is -0.580. The molecule has 1 aliphatic carbocycles. The zero-order valence-corrected chi connectivity index (χ0v) is 14.4. The average molecular weight is 313 g/mol. The number of nitrogens with zero attached hydrogens (tertiary/aromatic N) is 3. The summed E-state index contributed by atoms with van der Waals surface area (Å²) < 4.78 is 2.00. The maximum atomic E-state index is 6.76. The van der Waals surface area contributed by atoms with Gasteiger partial charge in [0.15, 0.2) is 0 Å². The van der Waals surface area contributed by atoms with Gasteiger partial charge in [-0.3, -0.25) is 4.68 Å². The van der Waals surface area contributed by atoms with Crippen LogP contribution >= 0.6 is 11.6 Å². The molecule has 1 heterocycles. The Bertz CT molecular complexity index is 447. The van der Waals surface area contributed by atoms with E-state index in [9.17, 15) is 0 Å². The number of rotatable bonds is 5. The van der Waals surface area contributed by atoms with Crippen molar-refractivity contribution in [1.29, 1.82) is 0 Å². The van der Waals surface area contributed by atoms with Crippen molar-refractivity contribution in [2.45, 2.75) is 70.0 Å². The molecular weight excluding hydrogens is 284 g/mol. The Morgan fingerprint density at radius 3 is 2.48 bits per heavy atom. The molecule has 1 atom stereocenters. The Balaban J connectivity index is 2.38. The van der Waals surface area contributed by atoms with Crippen molar-refractivity contribution in [1.82, 2.24) is 14.7 Å². The van der Waals surface area contributed by atoms with Crippen molar-refractivity contribution in [3.8, 4) is 0 Å². The summed E-state index contributed by atoms with van der Waals surface area (Å²) >= 11 is 6.42. The van der Waals surface area contributed by atoms with Gasteiger partial charge in [0.25, 0.3) is 0 Å². The molecule has 0 bridgehead atoms. The van der Waals surface area contributed by atoms with Gasteiger partial charge in [0, 0.05) is 12.1 Å². The molecule has 1 aromatic rings. The van der Waals surface area contributed by atoms with Crippen LogP contribution in [0.4, 0.5) is 0 Å². The van der Waals surface area contributed by atoms with Gasteiger partial charge in [-0.05, 0) is 33.4 Å². The van der Waals surface area contributed by atoms with Gasteiger partial charge in [-0.1, -0.05) is 44.2 Å². The first-order valence-electron chi connectivity index (χ1n) is 8.17. The lowest BCUT2D eigenvalue weighted by atomic mass is 9.80. The Morgan fingerprint density at radius 1 is 1.33 bits per heavy atom. The molecule has 1 aliphatic rings. The van der Waals surface area contributed by atoms with E-state index < -0.39 is 0 Å². The fourth-order valence-electron chi connectivity index (χ4n) is 3.70. The molecule has 4 nitrogen and oxygen atoms in total. The summed E-state index contributed by atoms with van der Waals surface area (Å²) in [7, 11) is 4.30. The Labute approximate surface area is 133 Å². The molecule has 2 rings (SSSR count). The second-order valence-electron chi connectivity index (χ2n) is 6.49. The van der Waals surface area contributed by atoms with Gasteiger partial charge in [-0.25, -0.2) is 0 Å². The second kappa shape index (κ2) is 7.12. The Morgan fingerprint density at radius 2 is 1.95 bits per heavy atom. The number of aromatic nitrogens is 2. The molecule has 5 heteroatoms. The van der Waals surface area contributed by atoms with Gasteiger partial charge in [-0.2, -0.15) is 5.10 Å². The van der Waals surface area contributed by atoms with E-state index in [-0.39, 0.29) is 11.6 Å². The van der Waals surface area contributed by atoms with Crippen LogP contribution in [0, 0.1) is 0 Å². The molecule has 0 aromatic carbocycles. The molecular formula is C16H29ClN4. The number of nitrogens with two attached hydrogens (primary N) is 1. The molecule has 1 aromatic heterocycles. The van der Waals surface area contributed by atoms with Crippen LogP contribution in [0.5, 0.6) is 0 Å². The van der Waals surface area contributed by atoms with Gasteiger partial charge in [0.05, 0.1) is 23.0 Å². The van der Waals surface area contributed by atoms with Crippen molar-refractivity contribution >= 4 is 11.6 Å². The summed E-state index contributed by atoms with van der Waals surface area (Å²) in [4.78, 5) is 2.32. The van der Waals surface area contributed by atoms with E-state index in [0.29, 0.717) is 5.02 Å². The van der Waals surface area contributed by atoms with E-state index >= 15 is 0 Å². The van der Waals surface area contributed by atoms with E-state index in [1.165, 1.54) is 25.7 Å². The highest BCUT2D eigenvalue weighted by atomic mass is 35.5. The van der Waals surface area contributed by atoms with Crippen LogP contribution < -0.4 is 5.73 Å². The molecule has 0 amide bonds. The van der Waals surface area contributed by atoms with E-state index in [2.05, 4.69) is 31.0 Å². The predicted octanol–water partition coefficient (Wildman–Crippen LogP) is 3.60. The summed E-state index contributed by atoms with van der Waals surface area (Å²) in [5, 5.41) is 5.13. The molecule has 0 saturated heterocycles. The zero-order valence-electron chi connectivity index (χ0n) is 13.6. The largest absolute Gasteiger partial charge is 0.321 e. The fourth-order valence-corrected chi connectivity index (χ4v) is 3.96. The highest BCUT2D eigenvalue weighted by molar-refractivity contribution is 6.31. The molecule has 120 valence electrons. The quantitative estimate of drug-likeness (QED) is 0.845. The van der Waals surface area contributed by atoms with Crippen LogP contribution in [0.2, 0.25) is 5.02 Å². The molecule has 1 saturated carbocycles. The first kappa shape index (κ1) is 16.8. The van der Waals surface area contributed by atoms with Crippen LogP contribution in [-0.2, 0) is 6.54 Å². The summed E-state index contributed by atoms with van der Waals surface area (Å²) in [5.74, 6) is 0. The third-order valence-electron chi connectivity index (χ3n) is 5.00. The maximum Gasteiger partial charge on any atom is 0.0834 e. The minimum atomic E-state index is -0.0906. The molecule has 0 aliphatic heterocycles. The summed E-state index contributed by atoms with van der Waals surface area (Å²) in [5.41, 5.74) is 7.76. The third-order valence-corrected chi connectivity index (χ3v) is 5.29. The first-order chi connectivity index (χ1) is 10.0. The van der Waals surface area contributed by atoms with Crippen molar-refractivity contribution in [3.63, 3.8) is 0 Å². The molecule has 0 spiro atoms. The number of hydrogen-bond donors (Lipinski definition) is 1. The molecule has 21 heavy (non-hydrogen) atoms. The molecule has 1 unspecified atom stereocenters. The smallest absolute Gasteiger partial charge is 0.0834 e. The lowest BCUT2D eigenvalue weighted by Crippen LogP contribution is -2.52. The zero-order chi connectivity index (χ0) is 15.5. The number of hydrogen-bond acceptors (Lipinski definition) is 3. The average Bonchev–Trinajstić information content (AvgIpc) is 2.67. The van der Waals surface area contributed by atoms with E-state index in [0.717, 1.165) is 31.5 Å². The lowest BCUT2D eigenvalue weighted by Gasteiger charge is -2.44. The van der Waals surface area contributed by atoms with Crippen LogP contribution in [0.25, 0.3) is 0 Å². The monoisotopic (exact) mass is 312 g/mol. The molecule has 2 N–H and O–H groups in total. The van der Waals surface area contributed by atoms with Gasteiger partial charge >= 0.3 is 0 Å². The lowest BCUT2D eigenvalue weighted by molar-refractivity contribution is 0.0932. The van der Waals surface area contributed by atoms with Crippen molar-refractivity contribution in [2.24, 2.45) is 5.73 Å². The SMILES string of the molecule is CCCn1ncc(Cl)c1C(N)C1(N(C)C)CCCCCC1. The number of likely N-dealkylation sites (N-methyl/N-ethyl adjacent to an activating group) is 1. The summed E-state index contributed by atoms with van der Waals surface area (Å²) in [6, 6.07) is -0.0906. The standard InChI is InChI=1S/C16H29ClN4/c1-4-11-21-14(13(17)12-19-21)15(18)16(20(2)3)9-7-5-6-8-10-16/h12,15H,4-11,18H2,1-3H3. The van der Waals surface area contributed by atoms with Crippen LogP contribution in [0.1, 0.15) is 63.6 Å². The minimum absolute atomic E-state index is 0.00827. The van der Waals surface area contributed by atoms with Gasteiger partial charge < -0.3 is 10.6 Å². The van der Waals surface area contributed by atoms with Gasteiger partial charge in [0.1, 0.15) is 0 Å². The molecule has 1 fully saturated rings. The van der Waals surface area contributed by atoms with Gasteiger partial charge in [0.2, 0.25) is 0 Å². The van der Waals surface area contributed by atoms with Crippen LogP contribution in [0.3, 0.4) is 0 Å². The van der Waals surface area contributed by atoms with Crippen molar-refractivity contribution in [2.75, 3.05) is 14.1 Å². The van der Waals surface area contributed by atoms with Crippen LogP contribution in [0.15, 0.2) is 6.20 Å². The van der Waals surface area contributed by atoms with E-state index in [1.54, 1.807) is 6.20 Å². The maximum absolute atomic E-state index is 6.76. The number of aryl methyl sites for hydroxylation is 1. The van der Waals surface area contributed by atoms with Crippen LogP contribution in [-0.4, -0.2) is 34.3 Å².